The zero-order valence-electron chi connectivity index (χ0n) is 9.78. The normalized spacial score (nSPS) is 9.63. The fourth-order valence-electron chi connectivity index (χ4n) is 1.44. The summed E-state index contributed by atoms with van der Waals surface area (Å²) in [5.74, 6) is -0.309. The Kier molecular flexibility index (Phi) is 3.69. The van der Waals surface area contributed by atoms with Crippen molar-refractivity contribution in [2.24, 2.45) is 0 Å². The molecule has 0 aliphatic rings. The highest BCUT2D eigenvalue weighted by Crippen LogP contribution is 2.22. The van der Waals surface area contributed by atoms with Crippen molar-refractivity contribution < 1.29 is 14.6 Å². The summed E-state index contributed by atoms with van der Waals surface area (Å²) in [5.41, 5.74) is 0.948. The summed E-state index contributed by atoms with van der Waals surface area (Å²) in [6, 6.07) is 9.98. The zero-order valence-corrected chi connectivity index (χ0v) is 9.78. The quantitative estimate of drug-likeness (QED) is 0.894. The van der Waals surface area contributed by atoms with E-state index in [4.69, 9.17) is 15.1 Å². The smallest absolute Gasteiger partial charge is 0.307 e. The lowest BCUT2D eigenvalue weighted by molar-refractivity contribution is -0.136. The Morgan fingerprint density at radius 2 is 2.05 bits per heavy atom. The average molecular weight is 255 g/mol. The number of aromatic nitrogens is 2. The Morgan fingerprint density at radius 1 is 1.32 bits per heavy atom. The molecule has 19 heavy (non-hydrogen) atoms. The number of aliphatic carboxylic acids is 1. The number of hydrogen-bond acceptors (Lipinski definition) is 5. The van der Waals surface area contributed by atoms with Crippen LogP contribution in [0.25, 0.3) is 0 Å². The molecule has 94 valence electrons. The Labute approximate surface area is 108 Å². The molecule has 2 aromatic rings. The Hall–Kier alpha value is -2.94. The fourth-order valence-corrected chi connectivity index (χ4v) is 1.44. The first-order valence-corrected chi connectivity index (χ1v) is 5.39. The van der Waals surface area contributed by atoms with Crippen LogP contribution < -0.4 is 4.74 Å². The molecule has 0 spiro atoms. The fraction of sp³-hybridized carbons (Fsp3) is 0.0769. The molecule has 1 aromatic heterocycles. The van der Waals surface area contributed by atoms with Crippen LogP contribution in [0.3, 0.4) is 0 Å². The second-order valence-corrected chi connectivity index (χ2v) is 3.68. The Bertz CT molecular complexity index is 632. The van der Waals surface area contributed by atoms with Crippen molar-refractivity contribution in [2.45, 2.75) is 6.42 Å². The first-order chi connectivity index (χ1) is 9.19. The van der Waals surface area contributed by atoms with Crippen LogP contribution in [0.4, 0.5) is 0 Å². The molecule has 0 radical (unpaired) electrons. The van der Waals surface area contributed by atoms with Gasteiger partial charge in [0, 0.05) is 0 Å². The molecule has 0 unspecified atom stereocenters. The van der Waals surface area contributed by atoms with Crippen LogP contribution >= 0.6 is 0 Å². The van der Waals surface area contributed by atoms with E-state index in [1.54, 1.807) is 24.3 Å². The lowest BCUT2D eigenvalue weighted by Crippen LogP contribution is -1.99. The molecule has 0 saturated carbocycles. The standard InChI is InChI=1S/C13H9N3O3/c14-8-10-5-6-15-16-13(10)19-11-3-1-9(2-4-11)7-12(17)18/h1-6H,7H2,(H,17,18). The molecular formula is C13H9N3O3. The summed E-state index contributed by atoms with van der Waals surface area (Å²) >= 11 is 0. The van der Waals surface area contributed by atoms with Gasteiger partial charge < -0.3 is 9.84 Å². The van der Waals surface area contributed by atoms with Crippen LogP contribution in [0.2, 0.25) is 0 Å². The zero-order chi connectivity index (χ0) is 13.7. The van der Waals surface area contributed by atoms with Gasteiger partial charge in [0.05, 0.1) is 12.6 Å². The summed E-state index contributed by atoms with van der Waals surface area (Å²) in [6.45, 7) is 0. The molecule has 0 aliphatic heterocycles. The number of carboxylic acid groups (broad SMARTS) is 1. The third-order valence-corrected chi connectivity index (χ3v) is 2.30. The second-order valence-electron chi connectivity index (χ2n) is 3.68. The van der Waals surface area contributed by atoms with Gasteiger partial charge in [-0.1, -0.05) is 12.1 Å². The molecule has 1 N–H and O–H groups in total. The number of carbonyl (C=O) groups is 1. The van der Waals surface area contributed by atoms with Gasteiger partial charge in [0.1, 0.15) is 17.4 Å². The molecule has 0 atom stereocenters. The lowest BCUT2D eigenvalue weighted by Gasteiger charge is -2.05. The lowest BCUT2D eigenvalue weighted by atomic mass is 10.1. The van der Waals surface area contributed by atoms with Gasteiger partial charge in [-0.15, -0.1) is 5.10 Å². The van der Waals surface area contributed by atoms with Crippen LogP contribution in [-0.4, -0.2) is 21.3 Å². The largest absolute Gasteiger partial charge is 0.481 e. The van der Waals surface area contributed by atoms with E-state index in [0.29, 0.717) is 11.3 Å². The molecule has 1 heterocycles. The topological polar surface area (TPSA) is 96.1 Å². The first kappa shape index (κ1) is 12.5. The van der Waals surface area contributed by atoms with Crippen LogP contribution in [-0.2, 0) is 11.2 Å². The molecular weight excluding hydrogens is 246 g/mol. The van der Waals surface area contributed by atoms with Crippen LogP contribution in [0, 0.1) is 11.3 Å². The predicted octanol–water partition coefficient (Wildman–Crippen LogP) is 1.77. The SMILES string of the molecule is N#Cc1ccnnc1Oc1ccc(CC(=O)O)cc1. The highest BCUT2D eigenvalue weighted by molar-refractivity contribution is 5.70. The molecule has 6 nitrogen and oxygen atoms in total. The summed E-state index contributed by atoms with van der Waals surface area (Å²) < 4.78 is 5.42. The maximum Gasteiger partial charge on any atom is 0.307 e. The van der Waals surface area contributed by atoms with E-state index in [0.717, 1.165) is 0 Å². The van der Waals surface area contributed by atoms with Crippen molar-refractivity contribution in [3.05, 3.63) is 47.7 Å². The molecule has 0 bridgehead atoms. The highest BCUT2D eigenvalue weighted by Gasteiger charge is 2.06. The monoisotopic (exact) mass is 255 g/mol. The van der Waals surface area contributed by atoms with E-state index < -0.39 is 5.97 Å². The van der Waals surface area contributed by atoms with E-state index in [-0.39, 0.29) is 17.9 Å². The van der Waals surface area contributed by atoms with E-state index in [9.17, 15) is 4.79 Å². The second kappa shape index (κ2) is 5.60. The van der Waals surface area contributed by atoms with E-state index in [2.05, 4.69) is 10.2 Å². The van der Waals surface area contributed by atoms with Crippen LogP contribution in [0.1, 0.15) is 11.1 Å². The summed E-state index contributed by atoms with van der Waals surface area (Å²) in [7, 11) is 0. The number of nitrogens with zero attached hydrogens (tertiary/aromatic N) is 3. The van der Waals surface area contributed by atoms with Gasteiger partial charge >= 0.3 is 5.97 Å². The molecule has 2 rings (SSSR count). The van der Waals surface area contributed by atoms with Crippen molar-refractivity contribution in [3.8, 4) is 17.7 Å². The Morgan fingerprint density at radius 3 is 2.68 bits per heavy atom. The maximum absolute atomic E-state index is 10.5. The number of ether oxygens (including phenoxy) is 1. The van der Waals surface area contributed by atoms with Gasteiger partial charge in [0.2, 0.25) is 0 Å². The van der Waals surface area contributed by atoms with Gasteiger partial charge in [-0.2, -0.15) is 10.4 Å². The van der Waals surface area contributed by atoms with E-state index in [1.165, 1.54) is 12.3 Å². The minimum Gasteiger partial charge on any atom is -0.481 e. The van der Waals surface area contributed by atoms with Crippen molar-refractivity contribution in [3.63, 3.8) is 0 Å². The molecule has 0 saturated heterocycles. The Balaban J connectivity index is 2.16. The van der Waals surface area contributed by atoms with Gasteiger partial charge in [0.15, 0.2) is 0 Å². The van der Waals surface area contributed by atoms with E-state index >= 15 is 0 Å². The number of benzene rings is 1. The number of nitriles is 1. The van der Waals surface area contributed by atoms with Crippen molar-refractivity contribution in [2.75, 3.05) is 0 Å². The van der Waals surface area contributed by atoms with Crippen molar-refractivity contribution >= 4 is 5.97 Å². The third-order valence-electron chi connectivity index (χ3n) is 2.30. The minimum atomic E-state index is -0.894. The van der Waals surface area contributed by atoms with Crippen LogP contribution in [0.15, 0.2) is 36.5 Å². The van der Waals surface area contributed by atoms with Gasteiger partial charge in [-0.05, 0) is 23.8 Å². The minimum absolute atomic E-state index is 0.0468. The van der Waals surface area contributed by atoms with Crippen molar-refractivity contribution in [1.29, 1.82) is 5.26 Å². The first-order valence-electron chi connectivity index (χ1n) is 5.39. The molecule has 1 aromatic carbocycles. The van der Waals surface area contributed by atoms with Gasteiger partial charge in [0.25, 0.3) is 5.88 Å². The molecule has 0 aliphatic carbocycles. The number of carboxylic acids is 1. The highest BCUT2D eigenvalue weighted by atomic mass is 16.5. The summed E-state index contributed by atoms with van der Waals surface area (Å²) in [5, 5.41) is 24.9. The summed E-state index contributed by atoms with van der Waals surface area (Å²) in [4.78, 5) is 10.5. The number of rotatable bonds is 4. The van der Waals surface area contributed by atoms with Crippen molar-refractivity contribution in [1.82, 2.24) is 10.2 Å². The predicted molar refractivity (Wildman–Crippen MR) is 64.6 cm³/mol. The molecule has 6 heteroatoms. The average Bonchev–Trinajstić information content (AvgIpc) is 2.41. The third kappa shape index (κ3) is 3.26. The van der Waals surface area contributed by atoms with E-state index in [1.807, 2.05) is 6.07 Å². The molecule has 0 fully saturated rings. The number of hydrogen-bond donors (Lipinski definition) is 1. The van der Waals surface area contributed by atoms with Crippen LogP contribution in [0.5, 0.6) is 11.6 Å². The van der Waals surface area contributed by atoms with Gasteiger partial charge in [-0.3, -0.25) is 4.79 Å². The summed E-state index contributed by atoms with van der Waals surface area (Å²) in [6.07, 6.45) is 1.36. The molecule has 0 amide bonds. The maximum atomic E-state index is 10.5. The van der Waals surface area contributed by atoms with Gasteiger partial charge in [-0.25, -0.2) is 0 Å².